The predicted octanol–water partition coefficient (Wildman–Crippen LogP) is 0.920. The Labute approximate surface area is 48.8 Å². The Balaban J connectivity index is 3.07. The monoisotopic (exact) mass is 112 g/mol. The molecule has 0 unspecified atom stereocenters. The average molecular weight is 112 g/mol. The van der Waals surface area contributed by atoms with Crippen LogP contribution in [-0.2, 0) is 9.53 Å². The van der Waals surface area contributed by atoms with Gasteiger partial charge in [0.05, 0.1) is 0 Å². The van der Waals surface area contributed by atoms with E-state index in [1.165, 1.54) is 0 Å². The Kier molecular flexibility index (Phi) is 5.30. The number of carbonyl (C=O) groups is 1. The molecule has 8 heavy (non-hydrogen) atoms. The van der Waals surface area contributed by atoms with Gasteiger partial charge < -0.3 is 4.74 Å². The van der Waals surface area contributed by atoms with Crippen molar-refractivity contribution in [2.75, 3.05) is 0 Å². The van der Waals surface area contributed by atoms with Gasteiger partial charge in [-0.15, -0.1) is 0 Å². The van der Waals surface area contributed by atoms with E-state index in [9.17, 15) is 4.79 Å². The van der Waals surface area contributed by atoms with Crippen molar-refractivity contribution in [2.24, 2.45) is 0 Å². The van der Waals surface area contributed by atoms with E-state index in [1.807, 2.05) is 6.92 Å². The molecule has 0 spiro atoms. The second-order valence-electron chi connectivity index (χ2n) is 1.24. The van der Waals surface area contributed by atoms with Gasteiger partial charge in [0.15, 0.2) is 0 Å². The Morgan fingerprint density at radius 2 is 2.50 bits per heavy atom. The first-order chi connectivity index (χ1) is 3.91. The molecule has 0 fully saturated rings. The first-order valence-corrected chi connectivity index (χ1v) is 2.49. The molecular weight excluding hydrogens is 104 g/mol. The molecule has 0 amide bonds. The molecule has 0 bridgehead atoms. The van der Waals surface area contributed by atoms with Gasteiger partial charge in [-0.2, -0.15) is 0 Å². The van der Waals surface area contributed by atoms with Crippen molar-refractivity contribution in [2.45, 2.75) is 19.8 Å². The van der Waals surface area contributed by atoms with Crippen molar-refractivity contribution in [1.29, 1.82) is 0 Å². The van der Waals surface area contributed by atoms with E-state index < -0.39 is 0 Å². The summed E-state index contributed by atoms with van der Waals surface area (Å²) >= 11 is 0. The molecule has 2 heteroatoms. The van der Waals surface area contributed by atoms with E-state index in [-0.39, 0.29) is 0 Å². The lowest BCUT2D eigenvalue weighted by atomic mass is 10.4. The quantitative estimate of drug-likeness (QED) is 0.392. The zero-order valence-corrected chi connectivity index (χ0v) is 4.81. The molecule has 0 aromatic rings. The maximum Gasteiger partial charge on any atom is 0.307 e. The maximum absolute atomic E-state index is 9.44. The van der Waals surface area contributed by atoms with Gasteiger partial charge in [0, 0.05) is 6.42 Å². The van der Waals surface area contributed by atoms with Crippen LogP contribution in [0.1, 0.15) is 19.8 Å². The summed E-state index contributed by atoms with van der Waals surface area (Å²) in [6.45, 7) is 2.33. The molecule has 0 aliphatic rings. The summed E-state index contributed by atoms with van der Waals surface area (Å²) < 4.78 is 4.09. The molecule has 0 heterocycles. The Hall–Kier alpha value is -0.970. The van der Waals surface area contributed by atoms with Crippen LogP contribution in [0.2, 0.25) is 0 Å². The van der Waals surface area contributed by atoms with Gasteiger partial charge in [-0.1, -0.05) is 12.8 Å². The third-order valence-corrected chi connectivity index (χ3v) is 0.554. The first-order valence-electron chi connectivity index (χ1n) is 2.49. The number of unbranched alkanes of at least 4 members (excludes halogenated alkanes) is 1. The summed E-state index contributed by atoms with van der Waals surface area (Å²) in [7, 11) is 0. The highest BCUT2D eigenvalue weighted by Crippen LogP contribution is 1.79. The van der Waals surface area contributed by atoms with Crippen LogP contribution in [-0.4, -0.2) is 6.47 Å². The van der Waals surface area contributed by atoms with Gasteiger partial charge >= 0.3 is 6.47 Å². The highest BCUT2D eigenvalue weighted by atomic mass is 16.5. The molecular formula is C6H8O2. The van der Waals surface area contributed by atoms with Crippen molar-refractivity contribution >= 4 is 6.47 Å². The van der Waals surface area contributed by atoms with Gasteiger partial charge in [-0.05, 0) is 6.42 Å². The summed E-state index contributed by atoms with van der Waals surface area (Å²) in [5, 5.41) is 0. The van der Waals surface area contributed by atoms with Crippen LogP contribution in [0.4, 0.5) is 0 Å². The van der Waals surface area contributed by atoms with Crippen LogP contribution in [0.3, 0.4) is 0 Å². The molecule has 44 valence electrons. The fraction of sp³-hybridized carbons (Fsp3) is 0.500. The smallest absolute Gasteiger partial charge is 0.307 e. The van der Waals surface area contributed by atoms with E-state index in [4.69, 9.17) is 0 Å². The minimum Gasteiger partial charge on any atom is -0.375 e. The number of carbonyl (C=O) groups excluding carboxylic acids is 1. The zero-order valence-electron chi connectivity index (χ0n) is 4.81. The average Bonchev–Trinajstić information content (AvgIpc) is 1.81. The van der Waals surface area contributed by atoms with Crippen LogP contribution in [0.5, 0.6) is 0 Å². The third-order valence-electron chi connectivity index (χ3n) is 0.554. The molecule has 0 saturated heterocycles. The number of hydrogen-bond donors (Lipinski definition) is 0. The van der Waals surface area contributed by atoms with E-state index in [0.717, 1.165) is 12.8 Å². The van der Waals surface area contributed by atoms with Gasteiger partial charge in [-0.3, -0.25) is 4.79 Å². The Morgan fingerprint density at radius 1 is 1.75 bits per heavy atom. The summed E-state index contributed by atoms with van der Waals surface area (Å²) in [6.07, 6.45) is 4.00. The molecule has 0 atom stereocenters. The van der Waals surface area contributed by atoms with Gasteiger partial charge in [0.1, 0.15) is 6.11 Å². The molecule has 0 aliphatic carbocycles. The molecule has 0 aromatic carbocycles. The largest absolute Gasteiger partial charge is 0.375 e. The molecule has 0 N–H and O–H groups in total. The van der Waals surface area contributed by atoms with Gasteiger partial charge in [-0.25, -0.2) is 0 Å². The summed E-state index contributed by atoms with van der Waals surface area (Å²) in [6, 6.07) is 0. The zero-order chi connectivity index (χ0) is 6.24. The molecule has 2 nitrogen and oxygen atoms in total. The van der Waals surface area contributed by atoms with Crippen LogP contribution in [0.25, 0.3) is 0 Å². The highest BCUT2D eigenvalue weighted by Gasteiger charge is 1.68. The maximum atomic E-state index is 9.44. The van der Waals surface area contributed by atoms with Crippen molar-refractivity contribution in [3.8, 4) is 12.0 Å². The van der Waals surface area contributed by atoms with Crippen molar-refractivity contribution < 1.29 is 9.53 Å². The number of rotatable bonds is 2. The standard InChI is InChI=1S/C6H8O2/c1-2-3-4-5-8-6-7/h6H,2-3H2,1H3. The minimum atomic E-state index is 0.322. The second kappa shape index (κ2) is 6.03. The van der Waals surface area contributed by atoms with Crippen LogP contribution in [0, 0.1) is 12.0 Å². The minimum absolute atomic E-state index is 0.322. The molecule has 0 saturated carbocycles. The van der Waals surface area contributed by atoms with Crippen LogP contribution < -0.4 is 0 Å². The number of ether oxygens (including phenoxy) is 1. The lowest BCUT2D eigenvalue weighted by molar-refractivity contribution is -0.122. The Morgan fingerprint density at radius 3 is 3.00 bits per heavy atom. The second-order valence-corrected chi connectivity index (χ2v) is 1.24. The normalized spacial score (nSPS) is 6.62. The van der Waals surface area contributed by atoms with Crippen molar-refractivity contribution in [3.05, 3.63) is 0 Å². The Bertz CT molecular complexity index is 107. The first kappa shape index (κ1) is 7.03. The lowest BCUT2D eigenvalue weighted by Gasteiger charge is -1.75. The molecule has 0 aromatic heterocycles. The predicted molar refractivity (Wildman–Crippen MR) is 29.8 cm³/mol. The summed E-state index contributed by atoms with van der Waals surface area (Å²) in [4.78, 5) is 9.44. The fourth-order valence-corrected chi connectivity index (χ4v) is 0.242. The summed E-state index contributed by atoms with van der Waals surface area (Å²) in [5.41, 5.74) is 0. The van der Waals surface area contributed by atoms with Crippen LogP contribution >= 0.6 is 0 Å². The fourth-order valence-electron chi connectivity index (χ4n) is 0.242. The molecule has 0 rings (SSSR count). The molecule has 0 radical (unpaired) electrons. The number of hydrogen-bond acceptors (Lipinski definition) is 2. The third kappa shape index (κ3) is 5.03. The van der Waals surface area contributed by atoms with E-state index in [2.05, 4.69) is 16.8 Å². The van der Waals surface area contributed by atoms with E-state index >= 15 is 0 Å². The SMILES string of the molecule is CCCC#COC=O. The van der Waals surface area contributed by atoms with Gasteiger partial charge in [0.2, 0.25) is 0 Å². The van der Waals surface area contributed by atoms with Crippen molar-refractivity contribution in [1.82, 2.24) is 0 Å². The van der Waals surface area contributed by atoms with Gasteiger partial charge in [0.25, 0.3) is 0 Å². The van der Waals surface area contributed by atoms with Crippen LogP contribution in [0.15, 0.2) is 0 Å². The van der Waals surface area contributed by atoms with Crippen molar-refractivity contribution in [3.63, 3.8) is 0 Å². The summed E-state index contributed by atoms with van der Waals surface area (Å²) in [5.74, 6) is 2.63. The highest BCUT2D eigenvalue weighted by molar-refractivity contribution is 5.39. The lowest BCUT2D eigenvalue weighted by Crippen LogP contribution is -1.72. The topological polar surface area (TPSA) is 26.3 Å². The molecule has 0 aliphatic heterocycles. The van der Waals surface area contributed by atoms with E-state index in [1.54, 1.807) is 0 Å². The van der Waals surface area contributed by atoms with E-state index in [0.29, 0.717) is 6.47 Å².